The molecule has 6 nitrogen and oxygen atoms in total. The van der Waals surface area contributed by atoms with Crippen molar-refractivity contribution in [1.29, 1.82) is 0 Å². The number of anilines is 1. The first-order chi connectivity index (χ1) is 13.9. The Morgan fingerprint density at radius 2 is 1.48 bits per heavy atom. The average molecular weight is 391 g/mol. The van der Waals surface area contributed by atoms with E-state index in [9.17, 15) is 14.7 Å². The fourth-order valence-corrected chi connectivity index (χ4v) is 2.98. The van der Waals surface area contributed by atoms with Gasteiger partial charge in [0.25, 0.3) is 5.91 Å². The van der Waals surface area contributed by atoms with Crippen LogP contribution in [0.25, 0.3) is 11.1 Å². The van der Waals surface area contributed by atoms with Crippen LogP contribution in [0, 0.1) is 6.92 Å². The van der Waals surface area contributed by atoms with Crippen LogP contribution in [-0.4, -0.2) is 31.2 Å². The quantitative estimate of drug-likeness (QED) is 0.640. The molecule has 0 aliphatic rings. The number of hydrogen-bond donors (Lipinski definition) is 2. The predicted molar refractivity (Wildman–Crippen MR) is 111 cm³/mol. The monoisotopic (exact) mass is 391 g/mol. The number of carbonyl (C=O) groups is 2. The molecule has 0 aromatic heterocycles. The molecule has 6 heteroatoms. The number of ether oxygens (including phenoxy) is 2. The second-order valence-corrected chi connectivity index (χ2v) is 6.44. The molecule has 0 fully saturated rings. The van der Waals surface area contributed by atoms with Crippen molar-refractivity contribution in [3.05, 3.63) is 77.4 Å². The SMILES string of the molecule is COc1ccc(C(=O)Nc2ccc(-c3cc(C(=O)O)ccc3C)cc2)cc1OC. The molecule has 148 valence electrons. The largest absolute Gasteiger partial charge is 0.493 e. The third-order valence-corrected chi connectivity index (χ3v) is 4.58. The van der Waals surface area contributed by atoms with Gasteiger partial charge in [-0.3, -0.25) is 4.79 Å². The van der Waals surface area contributed by atoms with E-state index in [1.165, 1.54) is 14.2 Å². The number of rotatable bonds is 6. The molecule has 2 N–H and O–H groups in total. The molecule has 1 amide bonds. The van der Waals surface area contributed by atoms with Crippen LogP contribution in [0.3, 0.4) is 0 Å². The lowest BCUT2D eigenvalue weighted by Crippen LogP contribution is -2.12. The minimum Gasteiger partial charge on any atom is -0.493 e. The average Bonchev–Trinajstić information content (AvgIpc) is 2.74. The fourth-order valence-electron chi connectivity index (χ4n) is 2.98. The molecule has 3 aromatic rings. The highest BCUT2D eigenvalue weighted by atomic mass is 16.5. The Hall–Kier alpha value is -3.80. The standard InChI is InChI=1S/C23H21NO5/c1-14-4-5-17(23(26)27)12-19(14)15-6-9-18(10-7-15)24-22(25)16-8-11-20(28-2)21(13-16)29-3/h4-13H,1-3H3,(H,24,25)(H,26,27). The maximum atomic E-state index is 12.5. The summed E-state index contributed by atoms with van der Waals surface area (Å²) in [5, 5.41) is 12.0. The number of nitrogens with one attached hydrogen (secondary N) is 1. The number of benzene rings is 3. The van der Waals surface area contributed by atoms with Crippen LogP contribution in [0.1, 0.15) is 26.3 Å². The van der Waals surface area contributed by atoms with Crippen molar-refractivity contribution in [2.75, 3.05) is 19.5 Å². The van der Waals surface area contributed by atoms with E-state index in [0.29, 0.717) is 22.7 Å². The summed E-state index contributed by atoms with van der Waals surface area (Å²) >= 11 is 0. The van der Waals surface area contributed by atoms with E-state index < -0.39 is 5.97 Å². The predicted octanol–water partition coefficient (Wildman–Crippen LogP) is 4.63. The molecule has 0 saturated carbocycles. The second-order valence-electron chi connectivity index (χ2n) is 6.44. The summed E-state index contributed by atoms with van der Waals surface area (Å²) in [6.07, 6.45) is 0. The molecule has 0 spiro atoms. The Morgan fingerprint density at radius 1 is 0.828 bits per heavy atom. The summed E-state index contributed by atoms with van der Waals surface area (Å²) in [6, 6.07) is 17.2. The Kier molecular flexibility index (Phi) is 5.83. The second kappa shape index (κ2) is 8.48. The number of carboxylic acid groups (broad SMARTS) is 1. The molecule has 0 atom stereocenters. The molecule has 29 heavy (non-hydrogen) atoms. The lowest BCUT2D eigenvalue weighted by Gasteiger charge is -2.11. The molecule has 0 heterocycles. The van der Waals surface area contributed by atoms with Gasteiger partial charge in [-0.1, -0.05) is 18.2 Å². The molecule has 3 rings (SSSR count). The van der Waals surface area contributed by atoms with Gasteiger partial charge in [-0.15, -0.1) is 0 Å². The van der Waals surface area contributed by atoms with E-state index in [1.807, 2.05) is 19.1 Å². The third-order valence-electron chi connectivity index (χ3n) is 4.58. The summed E-state index contributed by atoms with van der Waals surface area (Å²) in [6.45, 7) is 1.92. The van der Waals surface area contributed by atoms with E-state index in [2.05, 4.69) is 5.32 Å². The Bertz CT molecular complexity index is 1060. The highest BCUT2D eigenvalue weighted by molar-refractivity contribution is 6.04. The van der Waals surface area contributed by atoms with Gasteiger partial charge in [0.2, 0.25) is 0 Å². The third kappa shape index (κ3) is 4.38. The molecule has 0 aliphatic heterocycles. The number of aromatic carboxylic acids is 1. The van der Waals surface area contributed by atoms with Gasteiger partial charge < -0.3 is 19.9 Å². The number of carbonyl (C=O) groups excluding carboxylic acids is 1. The normalized spacial score (nSPS) is 10.3. The summed E-state index contributed by atoms with van der Waals surface area (Å²) in [7, 11) is 3.05. The fraction of sp³-hybridized carbons (Fsp3) is 0.130. The highest BCUT2D eigenvalue weighted by Crippen LogP contribution is 2.29. The molecule has 0 radical (unpaired) electrons. The molecular formula is C23H21NO5. The van der Waals surface area contributed by atoms with Gasteiger partial charge in [-0.2, -0.15) is 0 Å². The molecular weight excluding hydrogens is 370 g/mol. The lowest BCUT2D eigenvalue weighted by atomic mass is 9.98. The van der Waals surface area contributed by atoms with E-state index in [-0.39, 0.29) is 11.5 Å². The zero-order valence-electron chi connectivity index (χ0n) is 16.4. The molecule has 0 unspecified atom stereocenters. The minimum atomic E-state index is -0.968. The molecule has 0 saturated heterocycles. The van der Waals surface area contributed by atoms with Crippen LogP contribution in [0.15, 0.2) is 60.7 Å². The molecule has 0 bridgehead atoms. The zero-order chi connectivity index (χ0) is 21.0. The van der Waals surface area contributed by atoms with Crippen LogP contribution in [-0.2, 0) is 0 Å². The zero-order valence-corrected chi connectivity index (χ0v) is 16.4. The first kappa shape index (κ1) is 19.9. The van der Waals surface area contributed by atoms with Crippen LogP contribution >= 0.6 is 0 Å². The lowest BCUT2D eigenvalue weighted by molar-refractivity contribution is 0.0696. The maximum absolute atomic E-state index is 12.5. The Labute approximate surface area is 168 Å². The number of methoxy groups -OCH3 is 2. The van der Waals surface area contributed by atoms with E-state index in [1.54, 1.807) is 48.5 Å². The van der Waals surface area contributed by atoms with Gasteiger partial charge in [-0.05, 0) is 66.1 Å². The first-order valence-corrected chi connectivity index (χ1v) is 8.90. The van der Waals surface area contributed by atoms with Gasteiger partial charge in [0.05, 0.1) is 19.8 Å². The van der Waals surface area contributed by atoms with Crippen molar-refractivity contribution in [2.45, 2.75) is 6.92 Å². The molecule has 3 aromatic carbocycles. The van der Waals surface area contributed by atoms with Crippen LogP contribution < -0.4 is 14.8 Å². The first-order valence-electron chi connectivity index (χ1n) is 8.90. The van der Waals surface area contributed by atoms with Crippen LogP contribution in [0.4, 0.5) is 5.69 Å². The Morgan fingerprint density at radius 3 is 2.10 bits per heavy atom. The van der Waals surface area contributed by atoms with Crippen molar-refractivity contribution >= 4 is 17.6 Å². The van der Waals surface area contributed by atoms with Crippen molar-refractivity contribution < 1.29 is 24.2 Å². The van der Waals surface area contributed by atoms with Crippen LogP contribution in [0.2, 0.25) is 0 Å². The minimum absolute atomic E-state index is 0.233. The van der Waals surface area contributed by atoms with Crippen molar-refractivity contribution in [2.24, 2.45) is 0 Å². The number of hydrogen-bond acceptors (Lipinski definition) is 4. The smallest absolute Gasteiger partial charge is 0.335 e. The summed E-state index contributed by atoms with van der Waals surface area (Å²) in [5.74, 6) is -0.218. The Balaban J connectivity index is 1.80. The van der Waals surface area contributed by atoms with Crippen LogP contribution in [0.5, 0.6) is 11.5 Å². The number of amides is 1. The maximum Gasteiger partial charge on any atom is 0.335 e. The summed E-state index contributed by atoms with van der Waals surface area (Å²) < 4.78 is 10.4. The van der Waals surface area contributed by atoms with Gasteiger partial charge in [0.15, 0.2) is 11.5 Å². The topological polar surface area (TPSA) is 84.9 Å². The van der Waals surface area contributed by atoms with E-state index >= 15 is 0 Å². The van der Waals surface area contributed by atoms with E-state index in [0.717, 1.165) is 16.7 Å². The summed E-state index contributed by atoms with van der Waals surface area (Å²) in [4.78, 5) is 23.8. The number of carboxylic acids is 1. The summed E-state index contributed by atoms with van der Waals surface area (Å²) in [5.41, 5.74) is 3.98. The number of aryl methyl sites for hydroxylation is 1. The van der Waals surface area contributed by atoms with Crippen molar-refractivity contribution in [3.63, 3.8) is 0 Å². The van der Waals surface area contributed by atoms with Gasteiger partial charge in [0, 0.05) is 11.3 Å². The van der Waals surface area contributed by atoms with Gasteiger partial charge in [-0.25, -0.2) is 4.79 Å². The van der Waals surface area contributed by atoms with Crippen molar-refractivity contribution in [1.82, 2.24) is 0 Å². The van der Waals surface area contributed by atoms with Crippen molar-refractivity contribution in [3.8, 4) is 22.6 Å². The highest BCUT2D eigenvalue weighted by Gasteiger charge is 2.12. The van der Waals surface area contributed by atoms with Gasteiger partial charge >= 0.3 is 5.97 Å². The van der Waals surface area contributed by atoms with Gasteiger partial charge in [0.1, 0.15) is 0 Å². The molecule has 0 aliphatic carbocycles. The van der Waals surface area contributed by atoms with E-state index in [4.69, 9.17) is 9.47 Å².